The van der Waals surface area contributed by atoms with Gasteiger partial charge in [-0.15, -0.1) is 0 Å². The summed E-state index contributed by atoms with van der Waals surface area (Å²) in [5.41, 5.74) is 0.343. The molecule has 76 valence electrons. The third-order valence-electron chi connectivity index (χ3n) is 1.85. The van der Waals surface area contributed by atoms with Gasteiger partial charge in [-0.2, -0.15) is 5.10 Å². The van der Waals surface area contributed by atoms with Gasteiger partial charge in [0.1, 0.15) is 10.7 Å². The Morgan fingerprint density at radius 1 is 1.47 bits per heavy atom. The highest BCUT2D eigenvalue weighted by atomic mass is 35.5. The fourth-order valence-corrected chi connectivity index (χ4v) is 1.46. The van der Waals surface area contributed by atoms with Gasteiger partial charge in [-0.05, 0) is 12.1 Å². The average Bonchev–Trinajstić information content (AvgIpc) is 2.69. The lowest BCUT2D eigenvalue weighted by Crippen LogP contribution is -2.07. The lowest BCUT2D eigenvalue weighted by Gasteiger charge is -2.06. The third kappa shape index (κ3) is 1.69. The molecular formula is C9H6ClN3O2. The maximum absolute atomic E-state index is 11.0. The highest BCUT2D eigenvalue weighted by Gasteiger charge is 2.16. The zero-order valence-corrected chi connectivity index (χ0v) is 8.22. The molecule has 0 saturated carbocycles. The molecule has 2 aromatic heterocycles. The second-order valence-electron chi connectivity index (χ2n) is 2.75. The fourth-order valence-electron chi connectivity index (χ4n) is 1.23. The molecule has 0 aliphatic carbocycles. The van der Waals surface area contributed by atoms with Crippen LogP contribution in [-0.4, -0.2) is 25.8 Å². The number of carboxylic acids is 1. The zero-order chi connectivity index (χ0) is 10.8. The topological polar surface area (TPSA) is 68.0 Å². The summed E-state index contributed by atoms with van der Waals surface area (Å²) in [5.74, 6) is -1.13. The highest BCUT2D eigenvalue weighted by molar-refractivity contribution is 6.32. The van der Waals surface area contributed by atoms with E-state index < -0.39 is 5.97 Å². The summed E-state index contributed by atoms with van der Waals surface area (Å²) in [6.45, 7) is 0. The van der Waals surface area contributed by atoms with Crippen LogP contribution in [0, 0.1) is 0 Å². The van der Waals surface area contributed by atoms with Crippen LogP contribution in [0.4, 0.5) is 0 Å². The van der Waals surface area contributed by atoms with Crippen molar-refractivity contribution in [3.63, 3.8) is 0 Å². The van der Waals surface area contributed by atoms with E-state index in [0.29, 0.717) is 5.69 Å². The largest absolute Gasteiger partial charge is 0.478 e. The van der Waals surface area contributed by atoms with Gasteiger partial charge in [-0.25, -0.2) is 14.5 Å². The fraction of sp³-hybridized carbons (Fsp3) is 0. The van der Waals surface area contributed by atoms with Crippen molar-refractivity contribution >= 4 is 17.6 Å². The summed E-state index contributed by atoms with van der Waals surface area (Å²) in [4.78, 5) is 14.7. The minimum atomic E-state index is -1.13. The standard InChI is InChI=1S/C9H6ClN3O2/c10-8-7(9(14)15)6(2-4-11-8)13-5-1-3-12-13/h1-5H,(H,14,15). The quantitative estimate of drug-likeness (QED) is 0.786. The van der Waals surface area contributed by atoms with Gasteiger partial charge in [0.2, 0.25) is 0 Å². The van der Waals surface area contributed by atoms with E-state index in [1.165, 1.54) is 10.9 Å². The molecule has 0 aliphatic heterocycles. The number of aromatic carboxylic acids is 1. The second kappa shape index (κ2) is 3.70. The van der Waals surface area contributed by atoms with Crippen molar-refractivity contribution in [2.45, 2.75) is 0 Å². The molecule has 0 atom stereocenters. The summed E-state index contributed by atoms with van der Waals surface area (Å²) in [7, 11) is 0. The first-order valence-corrected chi connectivity index (χ1v) is 4.46. The molecule has 0 fully saturated rings. The molecule has 5 nitrogen and oxygen atoms in total. The van der Waals surface area contributed by atoms with Crippen molar-refractivity contribution in [3.8, 4) is 5.69 Å². The highest BCUT2D eigenvalue weighted by Crippen LogP contribution is 2.20. The van der Waals surface area contributed by atoms with Gasteiger partial charge in [-0.1, -0.05) is 11.6 Å². The Hall–Kier alpha value is -1.88. The number of pyridine rings is 1. The molecule has 0 radical (unpaired) electrons. The zero-order valence-electron chi connectivity index (χ0n) is 7.46. The number of rotatable bonds is 2. The van der Waals surface area contributed by atoms with Crippen LogP contribution in [0.15, 0.2) is 30.7 Å². The molecule has 0 saturated heterocycles. The lowest BCUT2D eigenvalue weighted by atomic mass is 10.2. The molecule has 0 unspecified atom stereocenters. The van der Waals surface area contributed by atoms with Crippen LogP contribution in [0.5, 0.6) is 0 Å². The van der Waals surface area contributed by atoms with E-state index in [0.717, 1.165) is 0 Å². The van der Waals surface area contributed by atoms with Crippen LogP contribution >= 0.6 is 11.6 Å². The van der Waals surface area contributed by atoms with E-state index in [9.17, 15) is 4.79 Å². The van der Waals surface area contributed by atoms with Gasteiger partial charge < -0.3 is 5.11 Å². The lowest BCUT2D eigenvalue weighted by molar-refractivity contribution is 0.0696. The van der Waals surface area contributed by atoms with E-state index in [-0.39, 0.29) is 10.7 Å². The van der Waals surface area contributed by atoms with Gasteiger partial charge in [0.05, 0.1) is 5.69 Å². The number of hydrogen-bond acceptors (Lipinski definition) is 3. The summed E-state index contributed by atoms with van der Waals surface area (Å²) >= 11 is 5.71. The van der Waals surface area contributed by atoms with Crippen LogP contribution in [-0.2, 0) is 0 Å². The van der Waals surface area contributed by atoms with Gasteiger partial charge in [-0.3, -0.25) is 0 Å². The molecule has 1 N–H and O–H groups in total. The molecule has 0 amide bonds. The third-order valence-corrected chi connectivity index (χ3v) is 2.13. The molecule has 6 heteroatoms. The van der Waals surface area contributed by atoms with Crippen LogP contribution < -0.4 is 0 Å². The molecule has 0 bridgehead atoms. The van der Waals surface area contributed by atoms with Crippen LogP contribution in [0.2, 0.25) is 5.15 Å². The van der Waals surface area contributed by atoms with E-state index in [2.05, 4.69) is 10.1 Å². The number of carboxylic acid groups (broad SMARTS) is 1. The summed E-state index contributed by atoms with van der Waals surface area (Å²) < 4.78 is 1.43. The first-order valence-electron chi connectivity index (χ1n) is 4.08. The Kier molecular flexibility index (Phi) is 2.39. The molecule has 0 aromatic carbocycles. The van der Waals surface area contributed by atoms with E-state index >= 15 is 0 Å². The van der Waals surface area contributed by atoms with Gasteiger partial charge in [0.15, 0.2) is 0 Å². The Bertz CT molecular complexity index is 496. The normalized spacial score (nSPS) is 10.2. The molecular weight excluding hydrogens is 218 g/mol. The molecule has 2 heterocycles. The average molecular weight is 224 g/mol. The number of hydrogen-bond donors (Lipinski definition) is 1. The van der Waals surface area contributed by atoms with Gasteiger partial charge >= 0.3 is 5.97 Å². The Labute approximate surface area is 89.9 Å². The van der Waals surface area contributed by atoms with E-state index in [1.54, 1.807) is 24.5 Å². The molecule has 15 heavy (non-hydrogen) atoms. The molecule has 0 aliphatic rings. The maximum Gasteiger partial charge on any atom is 0.341 e. The maximum atomic E-state index is 11.0. The predicted molar refractivity (Wildman–Crippen MR) is 53.3 cm³/mol. The monoisotopic (exact) mass is 223 g/mol. The minimum absolute atomic E-state index is 0.0458. The van der Waals surface area contributed by atoms with Crippen molar-refractivity contribution in [1.29, 1.82) is 0 Å². The number of nitrogens with zero attached hydrogens (tertiary/aromatic N) is 3. The first-order chi connectivity index (χ1) is 7.20. The van der Waals surface area contributed by atoms with E-state index in [4.69, 9.17) is 16.7 Å². The first kappa shape index (κ1) is 9.67. The Morgan fingerprint density at radius 3 is 2.87 bits per heavy atom. The summed E-state index contributed by atoms with van der Waals surface area (Å²) in [6.07, 6.45) is 4.63. The van der Waals surface area contributed by atoms with Crippen molar-refractivity contribution in [2.24, 2.45) is 0 Å². The van der Waals surface area contributed by atoms with E-state index in [1.807, 2.05) is 0 Å². The van der Waals surface area contributed by atoms with Crippen LogP contribution in [0.25, 0.3) is 5.69 Å². The van der Waals surface area contributed by atoms with Crippen molar-refractivity contribution < 1.29 is 9.90 Å². The van der Waals surface area contributed by atoms with Gasteiger partial charge in [0, 0.05) is 18.6 Å². The number of aromatic nitrogens is 3. The Balaban J connectivity index is 2.66. The Morgan fingerprint density at radius 2 is 2.27 bits per heavy atom. The summed E-state index contributed by atoms with van der Waals surface area (Å²) in [5, 5.41) is 12.9. The van der Waals surface area contributed by atoms with Crippen molar-refractivity contribution in [3.05, 3.63) is 41.4 Å². The molecule has 2 aromatic rings. The van der Waals surface area contributed by atoms with Crippen molar-refractivity contribution in [1.82, 2.24) is 14.8 Å². The predicted octanol–water partition coefficient (Wildman–Crippen LogP) is 1.62. The minimum Gasteiger partial charge on any atom is -0.478 e. The number of halogens is 1. The molecule has 0 spiro atoms. The SMILES string of the molecule is O=C(O)c1c(-n2cccn2)ccnc1Cl. The summed E-state index contributed by atoms with van der Waals surface area (Å²) in [6, 6.07) is 3.24. The second-order valence-corrected chi connectivity index (χ2v) is 3.11. The van der Waals surface area contributed by atoms with Crippen LogP contribution in [0.3, 0.4) is 0 Å². The smallest absolute Gasteiger partial charge is 0.341 e. The molecule has 2 rings (SSSR count). The van der Waals surface area contributed by atoms with Gasteiger partial charge in [0.25, 0.3) is 0 Å². The van der Waals surface area contributed by atoms with Crippen molar-refractivity contribution in [2.75, 3.05) is 0 Å². The van der Waals surface area contributed by atoms with Crippen LogP contribution in [0.1, 0.15) is 10.4 Å². The number of carbonyl (C=O) groups is 1.